The van der Waals surface area contributed by atoms with Gasteiger partial charge >= 0.3 is 23.6 Å². The summed E-state index contributed by atoms with van der Waals surface area (Å²) in [5.74, 6) is -2.19. The summed E-state index contributed by atoms with van der Waals surface area (Å²) in [5.41, 5.74) is -0.164. The first-order valence-electron chi connectivity index (χ1n) is 12.8. The van der Waals surface area contributed by atoms with Crippen molar-refractivity contribution in [2.24, 2.45) is 11.8 Å². The molecule has 2 spiro atoms. The molecule has 3 atom stereocenters. The second-order valence-electron chi connectivity index (χ2n) is 10.6. The quantitative estimate of drug-likeness (QED) is 0.492. The second-order valence-corrected chi connectivity index (χ2v) is 10.6. The average molecular weight is 465 g/mol. The van der Waals surface area contributed by atoms with E-state index in [1.165, 1.54) is 44.9 Å². The number of nitrogens with zero attached hydrogens (tertiary/aromatic N) is 2. The van der Waals surface area contributed by atoms with Crippen LogP contribution in [0.25, 0.3) is 0 Å². The number of carbonyl (C=O) groups is 3. The van der Waals surface area contributed by atoms with E-state index in [-0.39, 0.29) is 0 Å². The van der Waals surface area contributed by atoms with Crippen molar-refractivity contribution < 1.29 is 23.9 Å². The molecule has 0 N–H and O–H groups in total. The van der Waals surface area contributed by atoms with Gasteiger partial charge in [-0.2, -0.15) is 0 Å². The largest absolute Gasteiger partial charge is 0.408 e. The number of carbonyl (C=O) groups excluding carboxylic acids is 3. The van der Waals surface area contributed by atoms with Crippen LogP contribution >= 0.6 is 0 Å². The molecular formula is C27H32N2O5. The van der Waals surface area contributed by atoms with Crippen molar-refractivity contribution in [3.05, 3.63) is 42.5 Å². The molecule has 4 fully saturated rings. The molecule has 1 aromatic carbocycles. The van der Waals surface area contributed by atoms with Gasteiger partial charge in [-0.3, -0.25) is 14.6 Å². The minimum Gasteiger partial charge on any atom is -0.408 e. The summed E-state index contributed by atoms with van der Waals surface area (Å²) < 4.78 is 11.3. The summed E-state index contributed by atoms with van der Waals surface area (Å²) in [4.78, 5) is 42.6. The molecule has 2 aliphatic carbocycles. The highest BCUT2D eigenvalue weighted by Gasteiger charge is 2.78. The molecule has 1 amide bonds. The van der Waals surface area contributed by atoms with Gasteiger partial charge in [0.15, 0.2) is 0 Å². The number of β-lactam (4-membered cyclic amide) rings is 1. The molecule has 3 unspecified atom stereocenters. The molecule has 7 heteroatoms. The Morgan fingerprint density at radius 1 is 0.824 bits per heavy atom. The number of hydrogen-bond donors (Lipinski definition) is 0. The Bertz CT molecular complexity index is 993. The third kappa shape index (κ3) is 3.16. The topological polar surface area (TPSA) is 76.2 Å². The molecule has 2 saturated heterocycles. The zero-order chi connectivity index (χ0) is 23.3. The molecule has 3 heterocycles. The van der Waals surface area contributed by atoms with Crippen molar-refractivity contribution in [2.75, 3.05) is 18.0 Å². The lowest BCUT2D eigenvalue weighted by atomic mass is 9.62. The van der Waals surface area contributed by atoms with Crippen LogP contribution in [0, 0.1) is 11.8 Å². The van der Waals surface area contributed by atoms with E-state index in [9.17, 15) is 14.4 Å². The van der Waals surface area contributed by atoms with Gasteiger partial charge in [-0.05, 0) is 49.7 Å². The highest BCUT2D eigenvalue weighted by Crippen LogP contribution is 2.55. The van der Waals surface area contributed by atoms with Crippen molar-refractivity contribution in [2.45, 2.75) is 75.2 Å². The lowest BCUT2D eigenvalue weighted by Crippen LogP contribution is -2.86. The molecule has 0 radical (unpaired) electrons. The Labute approximate surface area is 200 Å². The predicted octanol–water partition coefficient (Wildman–Crippen LogP) is 3.58. The third-order valence-corrected chi connectivity index (χ3v) is 8.98. The van der Waals surface area contributed by atoms with E-state index in [0.29, 0.717) is 18.9 Å². The average Bonchev–Trinajstić information content (AvgIpc) is 2.99. The fourth-order valence-electron chi connectivity index (χ4n) is 7.24. The normalized spacial score (nSPS) is 32.5. The van der Waals surface area contributed by atoms with Crippen LogP contribution in [-0.4, -0.2) is 53.2 Å². The number of rotatable bonds is 2. The Kier molecular flexibility index (Phi) is 5.28. The fraction of sp³-hybridized carbons (Fsp3) is 0.593. The maximum Gasteiger partial charge on any atom is 0.361 e. The molecular weight excluding hydrogens is 432 g/mol. The third-order valence-electron chi connectivity index (χ3n) is 8.98. The molecule has 2 saturated carbocycles. The molecule has 180 valence electrons. The first-order chi connectivity index (χ1) is 16.5. The van der Waals surface area contributed by atoms with Gasteiger partial charge in [-0.25, -0.2) is 9.59 Å². The Hall–Kier alpha value is -2.67. The molecule has 6 rings (SSSR count). The van der Waals surface area contributed by atoms with Gasteiger partial charge in [0.25, 0.3) is 0 Å². The molecule has 34 heavy (non-hydrogen) atoms. The van der Waals surface area contributed by atoms with Crippen LogP contribution in [-0.2, 0) is 23.9 Å². The van der Waals surface area contributed by atoms with Crippen molar-refractivity contribution >= 4 is 23.5 Å². The lowest BCUT2D eigenvalue weighted by Gasteiger charge is -2.64. The highest BCUT2D eigenvalue weighted by molar-refractivity contribution is 6.12. The Morgan fingerprint density at radius 3 is 2.15 bits per heavy atom. The first kappa shape index (κ1) is 21.8. The van der Waals surface area contributed by atoms with Gasteiger partial charge in [0.1, 0.15) is 5.54 Å². The summed E-state index contributed by atoms with van der Waals surface area (Å²) in [6, 6.07) is 10.0. The minimum atomic E-state index is -1.89. The highest BCUT2D eigenvalue weighted by atomic mass is 16.7. The van der Waals surface area contributed by atoms with Crippen LogP contribution in [0.4, 0.5) is 5.69 Å². The van der Waals surface area contributed by atoms with E-state index < -0.39 is 29.2 Å². The van der Waals surface area contributed by atoms with E-state index in [2.05, 4.69) is 4.90 Å². The molecule has 7 nitrogen and oxygen atoms in total. The predicted molar refractivity (Wildman–Crippen MR) is 125 cm³/mol. The van der Waals surface area contributed by atoms with Gasteiger partial charge < -0.3 is 9.47 Å². The van der Waals surface area contributed by atoms with Gasteiger partial charge in [-0.15, -0.1) is 0 Å². The first-order valence-corrected chi connectivity index (χ1v) is 12.8. The van der Waals surface area contributed by atoms with Crippen LogP contribution < -0.4 is 4.90 Å². The van der Waals surface area contributed by atoms with E-state index in [4.69, 9.17) is 9.47 Å². The van der Waals surface area contributed by atoms with Crippen molar-refractivity contribution in [1.82, 2.24) is 4.90 Å². The van der Waals surface area contributed by atoms with E-state index in [1.54, 1.807) is 4.90 Å². The number of amides is 1. The van der Waals surface area contributed by atoms with Gasteiger partial charge in [0.2, 0.25) is 0 Å². The zero-order valence-electron chi connectivity index (χ0n) is 19.5. The number of para-hydroxylation sites is 1. The summed E-state index contributed by atoms with van der Waals surface area (Å²) in [6.45, 7) is 1.57. The summed E-state index contributed by atoms with van der Waals surface area (Å²) in [6.07, 6.45) is 12.6. The number of likely N-dealkylation sites (tertiary alicyclic amines) is 1. The van der Waals surface area contributed by atoms with Crippen molar-refractivity contribution in [3.8, 4) is 0 Å². The standard InChI is InChI=1S/C27H32N2O5/c30-23-12-13-24(31)34-27(33-23)25(32)29(20-9-5-3-6-10-20)26(27)14-16-28(17-15-26)22-18-19-8-4-1-2-7-11-21(19)22/h3,5-6,9-10,12-13,19,21-22H,1-2,4,7-8,11,14-18H2. The van der Waals surface area contributed by atoms with Crippen molar-refractivity contribution in [1.29, 1.82) is 0 Å². The number of anilines is 1. The van der Waals surface area contributed by atoms with Gasteiger partial charge in [0.05, 0.1) is 0 Å². The summed E-state index contributed by atoms with van der Waals surface area (Å²) >= 11 is 0. The van der Waals surface area contributed by atoms with Crippen LogP contribution in [0.2, 0.25) is 0 Å². The Morgan fingerprint density at radius 2 is 1.47 bits per heavy atom. The molecule has 0 bridgehead atoms. The number of esters is 2. The van der Waals surface area contributed by atoms with Crippen LogP contribution in [0.5, 0.6) is 0 Å². The van der Waals surface area contributed by atoms with Crippen LogP contribution in [0.3, 0.4) is 0 Å². The maximum absolute atomic E-state index is 13.5. The maximum atomic E-state index is 13.5. The Balaban J connectivity index is 1.27. The van der Waals surface area contributed by atoms with E-state index in [0.717, 1.165) is 42.8 Å². The van der Waals surface area contributed by atoms with Gasteiger partial charge in [-0.1, -0.05) is 50.3 Å². The number of hydrogen-bond acceptors (Lipinski definition) is 6. The fourth-order valence-corrected chi connectivity index (χ4v) is 7.24. The lowest BCUT2D eigenvalue weighted by molar-refractivity contribution is -0.265. The minimum absolute atomic E-state index is 0.485. The van der Waals surface area contributed by atoms with Crippen LogP contribution in [0.1, 0.15) is 57.8 Å². The van der Waals surface area contributed by atoms with Crippen molar-refractivity contribution in [3.63, 3.8) is 0 Å². The van der Waals surface area contributed by atoms with E-state index >= 15 is 0 Å². The SMILES string of the molecule is O=C1C=CC(=O)OC2(O1)C(=O)N(c1ccccc1)C21CCN(C2CC3CCCCCCC32)CC1. The number of fused-ring (bicyclic) bond motifs is 2. The molecule has 5 aliphatic rings. The smallest absolute Gasteiger partial charge is 0.361 e. The molecule has 3 aliphatic heterocycles. The number of piperidine rings is 1. The number of ether oxygens (including phenoxy) is 2. The van der Waals surface area contributed by atoms with E-state index in [1.807, 2.05) is 30.3 Å². The monoisotopic (exact) mass is 464 g/mol. The molecule has 1 aromatic rings. The summed E-state index contributed by atoms with van der Waals surface area (Å²) in [5, 5.41) is 0. The van der Waals surface area contributed by atoms with Crippen LogP contribution in [0.15, 0.2) is 42.5 Å². The second kappa shape index (κ2) is 8.22. The van der Waals surface area contributed by atoms with Gasteiger partial charge in [0, 0.05) is 37.0 Å². The molecule has 0 aromatic heterocycles. The summed E-state index contributed by atoms with van der Waals surface area (Å²) in [7, 11) is 0. The zero-order valence-corrected chi connectivity index (χ0v) is 19.5. The number of benzene rings is 1.